The molecule has 0 aliphatic heterocycles. The van der Waals surface area contributed by atoms with Gasteiger partial charge in [-0.15, -0.1) is 12.4 Å². The normalized spacial score (nSPS) is 14.5. The highest BCUT2D eigenvalue weighted by atomic mass is 35.5. The number of benzene rings is 1. The van der Waals surface area contributed by atoms with Crippen LogP contribution in [0.5, 0.6) is 0 Å². The van der Waals surface area contributed by atoms with E-state index in [0.29, 0.717) is 0 Å². The Morgan fingerprint density at radius 3 is 2.62 bits per heavy atom. The van der Waals surface area contributed by atoms with Crippen LogP contribution in [-0.2, 0) is 11.3 Å². The van der Waals surface area contributed by atoms with Gasteiger partial charge < -0.3 is 10.1 Å². The van der Waals surface area contributed by atoms with E-state index >= 15 is 0 Å². The second-order valence-corrected chi connectivity index (χ2v) is 4.12. The maximum absolute atomic E-state index is 5.58. The summed E-state index contributed by atoms with van der Waals surface area (Å²) < 4.78 is 5.58. The Balaban J connectivity index is 0.00000128. The average molecular weight is 242 g/mol. The van der Waals surface area contributed by atoms with Crippen LogP contribution in [0.1, 0.15) is 24.8 Å². The van der Waals surface area contributed by atoms with Crippen molar-refractivity contribution in [2.45, 2.75) is 31.9 Å². The molecule has 0 amide bonds. The predicted molar refractivity (Wildman–Crippen MR) is 69.0 cm³/mol. The molecule has 0 radical (unpaired) electrons. The highest BCUT2D eigenvalue weighted by Crippen LogP contribution is 2.18. The first kappa shape index (κ1) is 13.5. The first-order valence-corrected chi connectivity index (χ1v) is 5.80. The smallest absolute Gasteiger partial charge is 0.0716 e. The van der Waals surface area contributed by atoms with Crippen molar-refractivity contribution in [3.63, 3.8) is 0 Å². The molecule has 0 aromatic heterocycles. The zero-order valence-corrected chi connectivity index (χ0v) is 10.3. The summed E-state index contributed by atoms with van der Waals surface area (Å²) in [5.41, 5.74) is 1.26. The SMILES string of the molecule is Cl.c1ccc(COCCCNC2CC2)cc1. The van der Waals surface area contributed by atoms with E-state index in [9.17, 15) is 0 Å². The molecular formula is C13H20ClNO. The second-order valence-electron chi connectivity index (χ2n) is 4.12. The molecule has 1 aromatic carbocycles. The Hall–Kier alpha value is -0.570. The van der Waals surface area contributed by atoms with Gasteiger partial charge in [-0.3, -0.25) is 0 Å². The third-order valence-electron chi connectivity index (χ3n) is 2.59. The second kappa shape index (κ2) is 7.66. The third-order valence-corrected chi connectivity index (χ3v) is 2.59. The van der Waals surface area contributed by atoms with Gasteiger partial charge in [-0.2, -0.15) is 0 Å². The Morgan fingerprint density at radius 1 is 1.19 bits per heavy atom. The van der Waals surface area contributed by atoms with Crippen LogP contribution in [0.25, 0.3) is 0 Å². The maximum atomic E-state index is 5.58. The summed E-state index contributed by atoms with van der Waals surface area (Å²) in [6.07, 6.45) is 3.85. The van der Waals surface area contributed by atoms with Crippen LogP contribution in [-0.4, -0.2) is 19.2 Å². The van der Waals surface area contributed by atoms with Crippen LogP contribution in [0, 0.1) is 0 Å². The van der Waals surface area contributed by atoms with Gasteiger partial charge in [0, 0.05) is 12.6 Å². The predicted octanol–water partition coefficient (Wildman–Crippen LogP) is 2.77. The molecule has 1 fully saturated rings. The highest BCUT2D eigenvalue weighted by Gasteiger charge is 2.19. The van der Waals surface area contributed by atoms with E-state index < -0.39 is 0 Å². The van der Waals surface area contributed by atoms with Crippen molar-refractivity contribution in [1.29, 1.82) is 0 Å². The first-order valence-electron chi connectivity index (χ1n) is 5.80. The Labute approximate surface area is 104 Å². The van der Waals surface area contributed by atoms with Crippen LogP contribution in [0.2, 0.25) is 0 Å². The molecule has 1 saturated carbocycles. The monoisotopic (exact) mass is 241 g/mol. The van der Waals surface area contributed by atoms with Gasteiger partial charge >= 0.3 is 0 Å². The lowest BCUT2D eigenvalue weighted by atomic mass is 10.2. The van der Waals surface area contributed by atoms with Gasteiger partial charge in [-0.05, 0) is 31.4 Å². The number of halogens is 1. The van der Waals surface area contributed by atoms with Gasteiger partial charge in [-0.25, -0.2) is 0 Å². The van der Waals surface area contributed by atoms with Crippen molar-refractivity contribution < 1.29 is 4.74 Å². The van der Waals surface area contributed by atoms with Crippen LogP contribution < -0.4 is 5.32 Å². The van der Waals surface area contributed by atoms with Crippen molar-refractivity contribution in [3.05, 3.63) is 35.9 Å². The van der Waals surface area contributed by atoms with Crippen LogP contribution in [0.15, 0.2) is 30.3 Å². The van der Waals surface area contributed by atoms with E-state index in [2.05, 4.69) is 17.4 Å². The van der Waals surface area contributed by atoms with Crippen molar-refractivity contribution >= 4 is 12.4 Å². The van der Waals surface area contributed by atoms with E-state index in [1.165, 1.54) is 18.4 Å². The lowest BCUT2D eigenvalue weighted by Gasteiger charge is -2.05. The molecule has 1 aliphatic carbocycles. The Bertz CT molecular complexity index is 275. The number of hydrogen-bond donors (Lipinski definition) is 1. The Kier molecular flexibility index (Phi) is 6.46. The average Bonchev–Trinajstić information content (AvgIpc) is 3.09. The summed E-state index contributed by atoms with van der Waals surface area (Å²) in [4.78, 5) is 0. The minimum absolute atomic E-state index is 0. The molecule has 90 valence electrons. The van der Waals surface area contributed by atoms with Crippen molar-refractivity contribution in [2.24, 2.45) is 0 Å². The largest absolute Gasteiger partial charge is 0.377 e. The van der Waals surface area contributed by atoms with E-state index in [4.69, 9.17) is 4.74 Å². The molecule has 0 saturated heterocycles. The van der Waals surface area contributed by atoms with Gasteiger partial charge in [0.1, 0.15) is 0 Å². The molecule has 0 heterocycles. The summed E-state index contributed by atoms with van der Waals surface area (Å²) in [6, 6.07) is 11.1. The lowest BCUT2D eigenvalue weighted by Crippen LogP contribution is -2.18. The van der Waals surface area contributed by atoms with Gasteiger partial charge in [0.25, 0.3) is 0 Å². The number of nitrogens with one attached hydrogen (secondary N) is 1. The molecular weight excluding hydrogens is 222 g/mol. The van der Waals surface area contributed by atoms with Crippen LogP contribution in [0.3, 0.4) is 0 Å². The molecule has 0 bridgehead atoms. The number of hydrogen-bond acceptors (Lipinski definition) is 2. The fraction of sp³-hybridized carbons (Fsp3) is 0.538. The van der Waals surface area contributed by atoms with Gasteiger partial charge in [0.2, 0.25) is 0 Å². The number of ether oxygens (including phenoxy) is 1. The van der Waals surface area contributed by atoms with E-state index in [1.807, 2.05) is 18.2 Å². The fourth-order valence-corrected chi connectivity index (χ4v) is 1.53. The van der Waals surface area contributed by atoms with E-state index in [1.54, 1.807) is 0 Å². The zero-order valence-electron chi connectivity index (χ0n) is 9.52. The third kappa shape index (κ3) is 5.50. The molecule has 1 N–H and O–H groups in total. The fourth-order valence-electron chi connectivity index (χ4n) is 1.53. The van der Waals surface area contributed by atoms with Crippen molar-refractivity contribution in [1.82, 2.24) is 5.32 Å². The molecule has 0 spiro atoms. The highest BCUT2D eigenvalue weighted by molar-refractivity contribution is 5.85. The summed E-state index contributed by atoms with van der Waals surface area (Å²) in [7, 11) is 0. The van der Waals surface area contributed by atoms with E-state index in [-0.39, 0.29) is 12.4 Å². The zero-order chi connectivity index (χ0) is 10.3. The van der Waals surface area contributed by atoms with Crippen LogP contribution >= 0.6 is 12.4 Å². The minimum Gasteiger partial charge on any atom is -0.377 e. The lowest BCUT2D eigenvalue weighted by molar-refractivity contribution is 0.118. The first-order chi connectivity index (χ1) is 7.45. The van der Waals surface area contributed by atoms with Gasteiger partial charge in [0.15, 0.2) is 0 Å². The summed E-state index contributed by atoms with van der Waals surface area (Å²) in [6.45, 7) is 2.69. The topological polar surface area (TPSA) is 21.3 Å². The summed E-state index contributed by atoms with van der Waals surface area (Å²) in [5.74, 6) is 0. The maximum Gasteiger partial charge on any atom is 0.0716 e. The quantitative estimate of drug-likeness (QED) is 0.742. The standard InChI is InChI=1S/C13H19NO.ClH/c1-2-5-12(6-3-1)11-15-10-4-9-14-13-7-8-13;/h1-3,5-6,13-14H,4,7-11H2;1H. The molecule has 3 heteroatoms. The van der Waals surface area contributed by atoms with E-state index in [0.717, 1.165) is 32.2 Å². The summed E-state index contributed by atoms with van der Waals surface area (Å²) >= 11 is 0. The van der Waals surface area contributed by atoms with Crippen molar-refractivity contribution in [3.8, 4) is 0 Å². The molecule has 0 atom stereocenters. The molecule has 1 aliphatic rings. The summed E-state index contributed by atoms with van der Waals surface area (Å²) in [5, 5.41) is 3.48. The van der Waals surface area contributed by atoms with Gasteiger partial charge in [-0.1, -0.05) is 30.3 Å². The molecule has 1 aromatic rings. The number of rotatable bonds is 7. The molecule has 16 heavy (non-hydrogen) atoms. The molecule has 2 rings (SSSR count). The van der Waals surface area contributed by atoms with Gasteiger partial charge in [0.05, 0.1) is 6.61 Å². The molecule has 2 nitrogen and oxygen atoms in total. The minimum atomic E-state index is 0. The van der Waals surface area contributed by atoms with Crippen molar-refractivity contribution in [2.75, 3.05) is 13.2 Å². The Morgan fingerprint density at radius 2 is 1.94 bits per heavy atom. The molecule has 0 unspecified atom stereocenters. The van der Waals surface area contributed by atoms with Crippen LogP contribution in [0.4, 0.5) is 0 Å².